The van der Waals surface area contributed by atoms with Crippen LogP contribution >= 0.6 is 0 Å². The Hall–Kier alpha value is -2.92. The van der Waals surface area contributed by atoms with Gasteiger partial charge in [-0.3, -0.25) is 4.79 Å². The first-order valence-electron chi connectivity index (χ1n) is 10.7. The van der Waals surface area contributed by atoms with Crippen LogP contribution in [0.15, 0.2) is 73.1 Å². The van der Waals surface area contributed by atoms with E-state index in [-0.39, 0.29) is 11.8 Å². The lowest BCUT2D eigenvalue weighted by Gasteiger charge is -2.42. The largest absolute Gasteiger partial charge is 0.380 e. The van der Waals surface area contributed by atoms with Crippen LogP contribution in [0.25, 0.3) is 0 Å². The summed E-state index contributed by atoms with van der Waals surface area (Å²) in [5.41, 5.74) is 0.777. The standard InChI is InChI=1S/C25H29N3O2/c1-20-26-15-19-27(20)18-14-24(29)28-16-12-23(13-17-28)25(30,21-8-4-2-5-9-21)22-10-6-3-7-11-22/h2-11,15,19,23,30H,12-14,16-18H2,1H3. The first kappa shape index (κ1) is 20.4. The fraction of sp³-hybridized carbons (Fsp3) is 0.360. The molecule has 2 heterocycles. The van der Waals surface area contributed by atoms with Crippen molar-refractivity contribution in [1.82, 2.24) is 14.5 Å². The number of carbonyl (C=O) groups is 1. The van der Waals surface area contributed by atoms with Gasteiger partial charge in [-0.25, -0.2) is 4.98 Å². The van der Waals surface area contributed by atoms with E-state index in [9.17, 15) is 9.90 Å². The molecule has 0 saturated carbocycles. The normalized spacial score (nSPS) is 15.3. The summed E-state index contributed by atoms with van der Waals surface area (Å²) in [7, 11) is 0. The van der Waals surface area contributed by atoms with E-state index >= 15 is 0 Å². The molecule has 3 aromatic rings. The van der Waals surface area contributed by atoms with Gasteiger partial charge in [0.25, 0.3) is 0 Å². The molecular weight excluding hydrogens is 374 g/mol. The van der Waals surface area contributed by atoms with Crippen LogP contribution in [0.4, 0.5) is 0 Å². The fourth-order valence-corrected chi connectivity index (χ4v) is 4.58. The van der Waals surface area contributed by atoms with Crippen LogP contribution < -0.4 is 0 Å². The molecule has 1 aromatic heterocycles. The summed E-state index contributed by atoms with van der Waals surface area (Å²) < 4.78 is 2.01. The third kappa shape index (κ3) is 4.03. The monoisotopic (exact) mass is 403 g/mol. The van der Waals surface area contributed by atoms with Crippen molar-refractivity contribution in [3.63, 3.8) is 0 Å². The lowest BCUT2D eigenvalue weighted by atomic mass is 9.72. The molecule has 1 saturated heterocycles. The van der Waals surface area contributed by atoms with E-state index in [1.54, 1.807) is 6.20 Å². The number of amides is 1. The number of benzene rings is 2. The van der Waals surface area contributed by atoms with Crippen LogP contribution in [0.1, 0.15) is 36.2 Å². The van der Waals surface area contributed by atoms with Crippen molar-refractivity contribution in [2.45, 2.75) is 38.3 Å². The van der Waals surface area contributed by atoms with E-state index in [1.807, 2.05) is 83.3 Å². The zero-order valence-electron chi connectivity index (χ0n) is 17.4. The summed E-state index contributed by atoms with van der Waals surface area (Å²) in [6.07, 6.45) is 5.70. The highest BCUT2D eigenvalue weighted by atomic mass is 16.3. The van der Waals surface area contributed by atoms with Gasteiger partial charge in [0.2, 0.25) is 5.91 Å². The van der Waals surface area contributed by atoms with E-state index < -0.39 is 5.60 Å². The number of piperidine rings is 1. The number of nitrogens with zero attached hydrogens (tertiary/aromatic N) is 3. The number of likely N-dealkylation sites (tertiary alicyclic amines) is 1. The molecule has 0 bridgehead atoms. The van der Waals surface area contributed by atoms with Crippen molar-refractivity contribution in [2.24, 2.45) is 5.92 Å². The van der Waals surface area contributed by atoms with Gasteiger partial charge < -0.3 is 14.6 Å². The molecule has 156 valence electrons. The minimum Gasteiger partial charge on any atom is -0.380 e. The molecule has 1 aliphatic rings. The summed E-state index contributed by atoms with van der Waals surface area (Å²) in [6, 6.07) is 19.8. The van der Waals surface area contributed by atoms with Crippen molar-refractivity contribution >= 4 is 5.91 Å². The molecule has 1 fully saturated rings. The van der Waals surface area contributed by atoms with E-state index in [4.69, 9.17) is 0 Å². The van der Waals surface area contributed by atoms with Gasteiger partial charge in [-0.1, -0.05) is 60.7 Å². The van der Waals surface area contributed by atoms with E-state index in [1.165, 1.54) is 0 Å². The highest BCUT2D eigenvalue weighted by molar-refractivity contribution is 5.76. The zero-order valence-corrected chi connectivity index (χ0v) is 17.4. The SMILES string of the molecule is Cc1nccn1CCC(=O)N1CCC(C(O)(c2ccccc2)c2ccccc2)CC1. The maximum absolute atomic E-state index is 12.7. The number of hydrogen-bond acceptors (Lipinski definition) is 3. The molecule has 30 heavy (non-hydrogen) atoms. The molecule has 1 amide bonds. The quantitative estimate of drug-likeness (QED) is 0.682. The summed E-state index contributed by atoms with van der Waals surface area (Å²) in [5, 5.41) is 11.9. The Morgan fingerprint density at radius 2 is 1.60 bits per heavy atom. The predicted molar refractivity (Wildman–Crippen MR) is 117 cm³/mol. The third-order valence-electron chi connectivity index (χ3n) is 6.36. The summed E-state index contributed by atoms with van der Waals surface area (Å²) in [5.74, 6) is 1.16. The van der Waals surface area contributed by atoms with Crippen molar-refractivity contribution in [3.05, 3.63) is 90.0 Å². The maximum Gasteiger partial charge on any atom is 0.224 e. The van der Waals surface area contributed by atoms with Crippen LogP contribution in [-0.2, 0) is 16.9 Å². The Labute approximate surface area is 178 Å². The number of imidazole rings is 1. The van der Waals surface area contributed by atoms with E-state index in [0.29, 0.717) is 26.1 Å². The predicted octanol–water partition coefficient (Wildman–Crippen LogP) is 3.76. The molecule has 1 N–H and O–H groups in total. The second kappa shape index (κ2) is 8.84. The van der Waals surface area contributed by atoms with Crippen molar-refractivity contribution < 1.29 is 9.90 Å². The molecule has 2 aromatic carbocycles. The highest BCUT2D eigenvalue weighted by Gasteiger charge is 2.41. The minimum absolute atomic E-state index is 0.0576. The molecule has 0 radical (unpaired) electrons. The van der Waals surface area contributed by atoms with Gasteiger partial charge in [-0.05, 0) is 36.8 Å². The lowest BCUT2D eigenvalue weighted by Crippen LogP contribution is -2.46. The Morgan fingerprint density at radius 3 is 2.10 bits per heavy atom. The number of aliphatic hydroxyl groups is 1. The molecule has 5 nitrogen and oxygen atoms in total. The molecule has 5 heteroatoms. The molecule has 0 aliphatic carbocycles. The number of hydrogen-bond donors (Lipinski definition) is 1. The molecule has 0 atom stereocenters. The third-order valence-corrected chi connectivity index (χ3v) is 6.36. The molecule has 4 rings (SSSR count). The van der Waals surface area contributed by atoms with E-state index in [0.717, 1.165) is 29.8 Å². The summed E-state index contributed by atoms with van der Waals surface area (Å²) in [6.45, 7) is 3.95. The van der Waals surface area contributed by atoms with Crippen LogP contribution in [0.5, 0.6) is 0 Å². The van der Waals surface area contributed by atoms with E-state index in [2.05, 4.69) is 4.98 Å². The van der Waals surface area contributed by atoms with Crippen LogP contribution in [-0.4, -0.2) is 38.6 Å². The Kier molecular flexibility index (Phi) is 6.00. The smallest absolute Gasteiger partial charge is 0.224 e. The maximum atomic E-state index is 12.7. The molecule has 0 spiro atoms. The molecule has 0 unspecified atom stereocenters. The summed E-state index contributed by atoms with van der Waals surface area (Å²) in [4.78, 5) is 18.9. The van der Waals surface area contributed by atoms with Crippen LogP contribution in [0, 0.1) is 12.8 Å². The first-order valence-corrected chi connectivity index (χ1v) is 10.7. The lowest BCUT2D eigenvalue weighted by molar-refractivity contribution is -0.134. The van der Waals surface area contributed by atoms with Gasteiger partial charge in [-0.15, -0.1) is 0 Å². The van der Waals surface area contributed by atoms with Crippen molar-refractivity contribution in [1.29, 1.82) is 0 Å². The second-order valence-electron chi connectivity index (χ2n) is 8.07. The van der Waals surface area contributed by atoms with Gasteiger partial charge in [0.05, 0.1) is 0 Å². The van der Waals surface area contributed by atoms with Gasteiger partial charge in [0.1, 0.15) is 11.4 Å². The second-order valence-corrected chi connectivity index (χ2v) is 8.07. The number of aryl methyl sites for hydroxylation is 2. The average molecular weight is 404 g/mol. The molecular formula is C25H29N3O2. The Bertz CT molecular complexity index is 921. The summed E-state index contributed by atoms with van der Waals surface area (Å²) >= 11 is 0. The first-order chi connectivity index (χ1) is 14.6. The van der Waals surface area contributed by atoms with Gasteiger partial charge in [0.15, 0.2) is 0 Å². The minimum atomic E-state index is -1.05. The molecule has 1 aliphatic heterocycles. The zero-order chi connectivity index (χ0) is 21.0. The number of aromatic nitrogens is 2. The number of rotatable bonds is 6. The fourth-order valence-electron chi connectivity index (χ4n) is 4.58. The Balaban J connectivity index is 1.45. The van der Waals surface area contributed by atoms with Crippen LogP contribution in [0.2, 0.25) is 0 Å². The van der Waals surface area contributed by atoms with Gasteiger partial charge in [0, 0.05) is 38.4 Å². The highest BCUT2D eigenvalue weighted by Crippen LogP contribution is 2.41. The van der Waals surface area contributed by atoms with Crippen molar-refractivity contribution in [2.75, 3.05) is 13.1 Å². The topological polar surface area (TPSA) is 58.4 Å². The van der Waals surface area contributed by atoms with Gasteiger partial charge >= 0.3 is 0 Å². The van der Waals surface area contributed by atoms with Crippen LogP contribution in [0.3, 0.4) is 0 Å². The van der Waals surface area contributed by atoms with Crippen molar-refractivity contribution in [3.8, 4) is 0 Å². The average Bonchev–Trinajstić information content (AvgIpc) is 3.23. The number of carbonyl (C=O) groups excluding carboxylic acids is 1. The Morgan fingerprint density at radius 1 is 1.03 bits per heavy atom. The van der Waals surface area contributed by atoms with Gasteiger partial charge in [-0.2, -0.15) is 0 Å².